The molecule has 0 spiro atoms. The summed E-state index contributed by atoms with van der Waals surface area (Å²) in [5.74, 6) is -0.503. The van der Waals surface area contributed by atoms with Crippen LogP contribution in [0.4, 0.5) is 0 Å². The second kappa shape index (κ2) is 8.31. The molecule has 1 aromatic heterocycles. The molecule has 0 bridgehead atoms. The van der Waals surface area contributed by atoms with Crippen LogP contribution in [0.5, 0.6) is 0 Å². The van der Waals surface area contributed by atoms with Gasteiger partial charge in [-0.3, -0.25) is 9.59 Å². The van der Waals surface area contributed by atoms with E-state index in [2.05, 4.69) is 53.5 Å². The molecule has 158 valence electrons. The van der Waals surface area contributed by atoms with Gasteiger partial charge in [0.05, 0.1) is 0 Å². The minimum atomic E-state index is -0.503. The van der Waals surface area contributed by atoms with Crippen LogP contribution in [0, 0.1) is 0 Å². The predicted octanol–water partition coefficient (Wildman–Crippen LogP) is 5.50. The van der Waals surface area contributed by atoms with E-state index in [0.717, 1.165) is 5.39 Å². The van der Waals surface area contributed by atoms with Gasteiger partial charge >= 0.3 is 0 Å². The summed E-state index contributed by atoms with van der Waals surface area (Å²) in [5, 5.41) is 6.51. The molecular formula is C28H24N2O2. The van der Waals surface area contributed by atoms with Crippen molar-refractivity contribution in [2.45, 2.75) is 25.7 Å². The molecule has 1 amide bonds. The Balaban J connectivity index is 0.000000140. The van der Waals surface area contributed by atoms with Gasteiger partial charge in [0, 0.05) is 17.1 Å². The normalized spacial score (nSPS) is 12.9. The molecule has 0 fully saturated rings. The Bertz CT molecular complexity index is 1530. The highest BCUT2D eigenvalue weighted by atomic mass is 16.1. The Hall–Kier alpha value is -3.92. The van der Waals surface area contributed by atoms with Crippen LogP contribution in [-0.4, -0.2) is 10.9 Å². The second-order valence-corrected chi connectivity index (χ2v) is 8.28. The lowest BCUT2D eigenvalue weighted by atomic mass is 9.86. The van der Waals surface area contributed by atoms with Gasteiger partial charge < -0.3 is 10.7 Å². The summed E-state index contributed by atoms with van der Waals surface area (Å²) in [6.07, 6.45) is 5.22. The van der Waals surface area contributed by atoms with Gasteiger partial charge in [0.25, 0.3) is 0 Å². The van der Waals surface area contributed by atoms with Crippen LogP contribution in [0.2, 0.25) is 0 Å². The molecule has 0 aliphatic heterocycles. The van der Waals surface area contributed by atoms with E-state index in [1.54, 1.807) is 35.4 Å². The number of carbonyl (C=O) groups is 1. The highest BCUT2D eigenvalue weighted by Gasteiger charge is 2.13. The molecular weight excluding hydrogens is 396 g/mol. The first kappa shape index (κ1) is 20.0. The number of rotatable bonds is 1. The molecule has 0 unspecified atom stereocenters. The topological polar surface area (TPSA) is 76.0 Å². The maximum Gasteiger partial charge on any atom is 0.248 e. The van der Waals surface area contributed by atoms with E-state index in [4.69, 9.17) is 5.73 Å². The van der Waals surface area contributed by atoms with E-state index in [0.29, 0.717) is 11.1 Å². The van der Waals surface area contributed by atoms with Crippen LogP contribution in [0.1, 0.15) is 34.3 Å². The maximum absolute atomic E-state index is 11.0. The van der Waals surface area contributed by atoms with Crippen molar-refractivity contribution in [2.24, 2.45) is 5.73 Å². The SMILES string of the molecule is NC(=O)c1ccc2ccc(=O)[nH]c2c1.c1ccc2c(c1)ccc1c3c(ccc12)CCCC3. The number of pyridine rings is 1. The molecule has 0 atom stereocenters. The predicted molar refractivity (Wildman–Crippen MR) is 131 cm³/mol. The first-order valence-electron chi connectivity index (χ1n) is 11.0. The number of aromatic amines is 1. The summed E-state index contributed by atoms with van der Waals surface area (Å²) in [6.45, 7) is 0. The quantitative estimate of drug-likeness (QED) is 0.351. The number of H-pyrrole nitrogens is 1. The van der Waals surface area contributed by atoms with Gasteiger partial charge in [-0.25, -0.2) is 0 Å². The number of fused-ring (bicyclic) bond motifs is 6. The molecule has 0 saturated heterocycles. The number of carbonyl (C=O) groups excluding carboxylic acids is 1. The third kappa shape index (κ3) is 3.76. The van der Waals surface area contributed by atoms with Crippen molar-refractivity contribution in [3.8, 4) is 0 Å². The molecule has 6 rings (SSSR count). The summed E-state index contributed by atoms with van der Waals surface area (Å²) in [6, 6.07) is 26.0. The largest absolute Gasteiger partial charge is 0.366 e. The molecule has 5 aromatic rings. The van der Waals surface area contributed by atoms with Gasteiger partial charge in [-0.2, -0.15) is 0 Å². The van der Waals surface area contributed by atoms with Crippen LogP contribution >= 0.6 is 0 Å². The van der Waals surface area contributed by atoms with Crippen molar-refractivity contribution in [1.29, 1.82) is 0 Å². The summed E-state index contributed by atoms with van der Waals surface area (Å²) >= 11 is 0. The molecule has 32 heavy (non-hydrogen) atoms. The zero-order chi connectivity index (χ0) is 22.1. The van der Waals surface area contributed by atoms with Crippen molar-refractivity contribution >= 4 is 38.4 Å². The molecule has 1 aliphatic rings. The van der Waals surface area contributed by atoms with Crippen LogP contribution < -0.4 is 11.3 Å². The Labute approximate surface area is 185 Å². The van der Waals surface area contributed by atoms with E-state index in [-0.39, 0.29) is 5.56 Å². The molecule has 1 heterocycles. The lowest BCUT2D eigenvalue weighted by molar-refractivity contribution is 0.100. The first-order valence-corrected chi connectivity index (χ1v) is 11.0. The number of hydrogen-bond acceptors (Lipinski definition) is 2. The number of amides is 1. The van der Waals surface area contributed by atoms with E-state index in [9.17, 15) is 9.59 Å². The number of nitrogens with two attached hydrogens (primary N) is 1. The Kier molecular flexibility index (Phi) is 5.20. The number of benzene rings is 4. The fourth-order valence-electron chi connectivity index (χ4n) is 4.65. The molecule has 0 radical (unpaired) electrons. The monoisotopic (exact) mass is 420 g/mol. The Morgan fingerprint density at radius 3 is 2.38 bits per heavy atom. The van der Waals surface area contributed by atoms with Crippen LogP contribution in [0.25, 0.3) is 32.4 Å². The zero-order valence-corrected chi connectivity index (χ0v) is 17.7. The summed E-state index contributed by atoms with van der Waals surface area (Å²) in [7, 11) is 0. The van der Waals surface area contributed by atoms with E-state index in [1.807, 2.05) is 0 Å². The average Bonchev–Trinajstić information content (AvgIpc) is 2.83. The van der Waals surface area contributed by atoms with Crippen molar-refractivity contribution in [3.63, 3.8) is 0 Å². The Morgan fingerprint density at radius 2 is 1.50 bits per heavy atom. The van der Waals surface area contributed by atoms with Crippen LogP contribution in [0.3, 0.4) is 0 Å². The zero-order valence-electron chi connectivity index (χ0n) is 17.7. The second-order valence-electron chi connectivity index (χ2n) is 8.28. The van der Waals surface area contributed by atoms with Crippen molar-refractivity contribution < 1.29 is 4.79 Å². The van der Waals surface area contributed by atoms with Crippen LogP contribution in [-0.2, 0) is 12.8 Å². The number of hydrogen-bond donors (Lipinski definition) is 2. The van der Waals surface area contributed by atoms with Gasteiger partial charge in [0.1, 0.15) is 0 Å². The minimum Gasteiger partial charge on any atom is -0.366 e. The fraction of sp³-hybridized carbons (Fsp3) is 0.143. The molecule has 4 aromatic carbocycles. The van der Waals surface area contributed by atoms with E-state index in [1.165, 1.54) is 53.3 Å². The first-order chi connectivity index (χ1) is 15.6. The molecule has 4 nitrogen and oxygen atoms in total. The smallest absolute Gasteiger partial charge is 0.248 e. The van der Waals surface area contributed by atoms with Gasteiger partial charge in [-0.1, -0.05) is 54.6 Å². The standard InChI is InChI=1S/C18H16.C10H8N2O2/c1-3-7-15-13(5-1)9-11-18-16-8-4-2-6-14(16)10-12-17(15)18;11-10(14)7-2-1-6-3-4-9(13)12-8(6)5-7/h1,3,5,7,9-12H,2,4,6,8H2;1-5H,(H2,11,14)(H,12,13). The molecule has 0 saturated carbocycles. The number of aryl methyl sites for hydroxylation is 2. The van der Waals surface area contributed by atoms with E-state index < -0.39 is 5.91 Å². The number of primary amides is 1. The summed E-state index contributed by atoms with van der Waals surface area (Å²) in [4.78, 5) is 24.5. The van der Waals surface area contributed by atoms with Crippen molar-refractivity contribution in [3.05, 3.63) is 106 Å². The maximum atomic E-state index is 11.0. The number of aromatic nitrogens is 1. The fourth-order valence-corrected chi connectivity index (χ4v) is 4.65. The Morgan fingerprint density at radius 1 is 0.750 bits per heavy atom. The van der Waals surface area contributed by atoms with Gasteiger partial charge in [0.2, 0.25) is 11.5 Å². The van der Waals surface area contributed by atoms with Gasteiger partial charge in [-0.05, 0) is 81.9 Å². The molecule has 4 heteroatoms. The lowest BCUT2D eigenvalue weighted by Crippen LogP contribution is -2.11. The van der Waals surface area contributed by atoms with Crippen molar-refractivity contribution in [2.75, 3.05) is 0 Å². The third-order valence-electron chi connectivity index (χ3n) is 6.27. The van der Waals surface area contributed by atoms with Gasteiger partial charge in [0.15, 0.2) is 0 Å². The molecule has 3 N–H and O–H groups in total. The number of nitrogens with one attached hydrogen (secondary N) is 1. The van der Waals surface area contributed by atoms with E-state index >= 15 is 0 Å². The van der Waals surface area contributed by atoms with Gasteiger partial charge in [-0.15, -0.1) is 0 Å². The summed E-state index contributed by atoms with van der Waals surface area (Å²) < 4.78 is 0. The van der Waals surface area contributed by atoms with Crippen molar-refractivity contribution in [1.82, 2.24) is 4.98 Å². The highest BCUT2D eigenvalue weighted by Crippen LogP contribution is 2.33. The highest BCUT2D eigenvalue weighted by molar-refractivity contribution is 6.08. The summed E-state index contributed by atoms with van der Waals surface area (Å²) in [5.41, 5.74) is 9.10. The molecule has 1 aliphatic carbocycles. The lowest BCUT2D eigenvalue weighted by Gasteiger charge is -2.18. The minimum absolute atomic E-state index is 0.195. The third-order valence-corrected chi connectivity index (χ3v) is 6.27. The van der Waals surface area contributed by atoms with Crippen LogP contribution in [0.15, 0.2) is 83.7 Å². The average molecular weight is 421 g/mol.